The normalized spacial score (nSPS) is 26.5. The van der Waals surface area contributed by atoms with Crippen LogP contribution in [0.1, 0.15) is 51.1 Å². The molecule has 172 valence electrons. The first-order valence-corrected chi connectivity index (χ1v) is 11.3. The highest BCUT2D eigenvalue weighted by Gasteiger charge is 2.60. The zero-order chi connectivity index (χ0) is 22.4. The van der Waals surface area contributed by atoms with Crippen molar-refractivity contribution < 1.29 is 24.2 Å². The van der Waals surface area contributed by atoms with Gasteiger partial charge in [-0.3, -0.25) is 9.69 Å². The molecule has 2 aliphatic heterocycles. The van der Waals surface area contributed by atoms with Crippen LogP contribution in [-0.2, 0) is 14.3 Å². The topological polar surface area (TPSA) is 79.3 Å². The van der Waals surface area contributed by atoms with Gasteiger partial charge in [0, 0.05) is 32.7 Å². The van der Waals surface area contributed by atoms with Crippen LogP contribution in [0.3, 0.4) is 0 Å². The fourth-order valence-electron chi connectivity index (χ4n) is 5.00. The Morgan fingerprint density at radius 1 is 1.26 bits per heavy atom. The molecule has 1 N–H and O–H groups in total. The SMILES string of the molecule is COCCN1CCCC[C@]2(C[C@H](CO)[C@H](c3ccccc3)N2C(=O)OCC(C)C)C1=O. The van der Waals surface area contributed by atoms with E-state index < -0.39 is 17.7 Å². The molecule has 0 aromatic heterocycles. The molecule has 2 saturated heterocycles. The molecular weight excluding hydrogens is 396 g/mol. The molecule has 0 saturated carbocycles. The first kappa shape index (κ1) is 23.5. The van der Waals surface area contributed by atoms with Crippen LogP contribution in [0, 0.1) is 11.8 Å². The third-order valence-corrected chi connectivity index (χ3v) is 6.42. The van der Waals surface area contributed by atoms with E-state index in [-0.39, 0.29) is 31.0 Å². The molecular formula is C24H36N2O5. The van der Waals surface area contributed by atoms with Gasteiger partial charge in [-0.25, -0.2) is 4.79 Å². The second kappa shape index (κ2) is 10.5. The number of aliphatic hydroxyl groups is 1. The summed E-state index contributed by atoms with van der Waals surface area (Å²) in [6.07, 6.45) is 2.25. The van der Waals surface area contributed by atoms with Gasteiger partial charge >= 0.3 is 6.09 Å². The lowest BCUT2D eigenvalue weighted by atomic mass is 9.86. The number of amides is 2. The number of benzene rings is 1. The van der Waals surface area contributed by atoms with Gasteiger partial charge in [0.15, 0.2) is 0 Å². The molecule has 0 aliphatic carbocycles. The number of carbonyl (C=O) groups is 2. The summed E-state index contributed by atoms with van der Waals surface area (Å²) in [5.74, 6) is -0.102. The first-order chi connectivity index (χ1) is 14.9. The molecule has 3 atom stereocenters. The van der Waals surface area contributed by atoms with Crippen LogP contribution in [0.25, 0.3) is 0 Å². The maximum Gasteiger partial charge on any atom is 0.411 e. The van der Waals surface area contributed by atoms with E-state index in [0.29, 0.717) is 32.5 Å². The molecule has 2 fully saturated rings. The third kappa shape index (κ3) is 4.88. The number of nitrogens with zero attached hydrogens (tertiary/aromatic N) is 2. The van der Waals surface area contributed by atoms with Crippen LogP contribution in [0.4, 0.5) is 4.79 Å². The van der Waals surface area contributed by atoms with Crippen molar-refractivity contribution in [1.82, 2.24) is 9.80 Å². The smallest absolute Gasteiger partial charge is 0.411 e. The summed E-state index contributed by atoms with van der Waals surface area (Å²) >= 11 is 0. The van der Waals surface area contributed by atoms with Crippen molar-refractivity contribution in [1.29, 1.82) is 0 Å². The van der Waals surface area contributed by atoms with Crippen LogP contribution in [0.2, 0.25) is 0 Å². The van der Waals surface area contributed by atoms with Crippen molar-refractivity contribution >= 4 is 12.0 Å². The van der Waals surface area contributed by atoms with E-state index in [1.165, 1.54) is 0 Å². The highest BCUT2D eigenvalue weighted by molar-refractivity contribution is 5.91. The predicted octanol–water partition coefficient (Wildman–Crippen LogP) is 3.23. The predicted molar refractivity (Wildman–Crippen MR) is 117 cm³/mol. The monoisotopic (exact) mass is 432 g/mol. The summed E-state index contributed by atoms with van der Waals surface area (Å²) in [7, 11) is 1.62. The van der Waals surface area contributed by atoms with Gasteiger partial charge in [0.1, 0.15) is 5.54 Å². The largest absolute Gasteiger partial charge is 0.449 e. The van der Waals surface area contributed by atoms with E-state index in [9.17, 15) is 14.7 Å². The Morgan fingerprint density at radius 2 is 2.00 bits per heavy atom. The quantitative estimate of drug-likeness (QED) is 0.716. The average molecular weight is 433 g/mol. The van der Waals surface area contributed by atoms with Gasteiger partial charge in [-0.2, -0.15) is 0 Å². The van der Waals surface area contributed by atoms with Gasteiger partial charge in [0.25, 0.3) is 0 Å². The summed E-state index contributed by atoms with van der Waals surface area (Å²) in [4.78, 5) is 30.9. The standard InChI is InChI=1S/C24H36N2O5/c1-18(2)17-31-23(29)26-21(19-9-5-4-6-10-19)20(16-27)15-24(26)11-7-8-12-25(22(24)28)13-14-30-3/h4-6,9-10,18,20-21,27H,7-8,11-17H2,1-3H3/t20-,21+,24+/m1/s1. The summed E-state index contributed by atoms with van der Waals surface area (Å²) in [6.45, 7) is 5.76. The van der Waals surface area contributed by atoms with Gasteiger partial charge in [0.05, 0.1) is 19.3 Å². The maximum atomic E-state index is 13.9. The average Bonchev–Trinajstić information content (AvgIpc) is 3.04. The number of aliphatic hydroxyl groups excluding tert-OH is 1. The fraction of sp³-hybridized carbons (Fsp3) is 0.667. The lowest BCUT2D eigenvalue weighted by molar-refractivity contribution is -0.143. The molecule has 7 heteroatoms. The van der Waals surface area contributed by atoms with Gasteiger partial charge < -0.3 is 19.5 Å². The molecule has 7 nitrogen and oxygen atoms in total. The minimum Gasteiger partial charge on any atom is -0.449 e. The van der Waals surface area contributed by atoms with Crippen LogP contribution in [0.5, 0.6) is 0 Å². The lowest BCUT2D eigenvalue weighted by Crippen LogP contribution is -2.58. The Morgan fingerprint density at radius 3 is 2.65 bits per heavy atom. The van der Waals surface area contributed by atoms with Gasteiger partial charge in [-0.1, -0.05) is 44.2 Å². The van der Waals surface area contributed by atoms with Crippen LogP contribution >= 0.6 is 0 Å². The van der Waals surface area contributed by atoms with E-state index in [0.717, 1.165) is 18.4 Å². The second-order valence-electron chi connectivity index (χ2n) is 9.12. The number of methoxy groups -OCH3 is 1. The Labute approximate surface area is 185 Å². The van der Waals surface area contributed by atoms with Crippen LogP contribution in [-0.4, -0.2) is 72.5 Å². The maximum absolute atomic E-state index is 13.9. The molecule has 2 aliphatic rings. The highest BCUT2D eigenvalue weighted by atomic mass is 16.6. The second-order valence-corrected chi connectivity index (χ2v) is 9.12. The molecule has 1 aromatic carbocycles. The summed E-state index contributed by atoms with van der Waals surface area (Å²) < 4.78 is 10.9. The van der Waals surface area contributed by atoms with Crippen LogP contribution < -0.4 is 0 Å². The molecule has 0 unspecified atom stereocenters. The number of rotatable bonds is 7. The number of likely N-dealkylation sites (tertiary alicyclic amines) is 2. The zero-order valence-electron chi connectivity index (χ0n) is 19.0. The van der Waals surface area contributed by atoms with Crippen molar-refractivity contribution in [2.45, 2.75) is 51.1 Å². The van der Waals surface area contributed by atoms with Gasteiger partial charge in [-0.05, 0) is 37.2 Å². The Kier molecular flexibility index (Phi) is 7.94. The van der Waals surface area contributed by atoms with E-state index in [1.807, 2.05) is 49.1 Å². The first-order valence-electron chi connectivity index (χ1n) is 11.3. The van der Waals surface area contributed by atoms with E-state index in [2.05, 4.69) is 0 Å². The van der Waals surface area contributed by atoms with Gasteiger partial charge in [-0.15, -0.1) is 0 Å². The van der Waals surface area contributed by atoms with E-state index in [4.69, 9.17) is 9.47 Å². The highest BCUT2D eigenvalue weighted by Crippen LogP contribution is 2.50. The third-order valence-electron chi connectivity index (χ3n) is 6.42. The van der Waals surface area contributed by atoms with Crippen molar-refractivity contribution in [2.24, 2.45) is 11.8 Å². The van der Waals surface area contributed by atoms with Crippen molar-refractivity contribution in [3.05, 3.63) is 35.9 Å². The van der Waals surface area contributed by atoms with Gasteiger partial charge in [0.2, 0.25) is 5.91 Å². The minimum atomic E-state index is -1.01. The van der Waals surface area contributed by atoms with E-state index in [1.54, 1.807) is 12.0 Å². The number of hydrogen-bond acceptors (Lipinski definition) is 5. The fourth-order valence-corrected chi connectivity index (χ4v) is 5.00. The van der Waals surface area contributed by atoms with Crippen LogP contribution in [0.15, 0.2) is 30.3 Å². The Hall–Kier alpha value is -2.12. The Balaban J connectivity index is 2.05. The molecule has 0 bridgehead atoms. The minimum absolute atomic E-state index is 0.0552. The summed E-state index contributed by atoms with van der Waals surface area (Å²) in [5.41, 5.74) is -0.0907. The molecule has 31 heavy (non-hydrogen) atoms. The summed E-state index contributed by atoms with van der Waals surface area (Å²) in [6, 6.07) is 9.28. The van der Waals surface area contributed by atoms with Crippen molar-refractivity contribution in [3.63, 3.8) is 0 Å². The lowest BCUT2D eigenvalue weighted by Gasteiger charge is -2.40. The molecule has 1 aromatic rings. The molecule has 1 spiro atoms. The molecule has 2 amide bonds. The van der Waals surface area contributed by atoms with E-state index >= 15 is 0 Å². The van der Waals surface area contributed by atoms with Crippen molar-refractivity contribution in [3.8, 4) is 0 Å². The number of ether oxygens (including phenoxy) is 2. The number of carbonyl (C=O) groups excluding carboxylic acids is 2. The molecule has 3 rings (SSSR count). The molecule has 0 radical (unpaired) electrons. The summed E-state index contributed by atoms with van der Waals surface area (Å²) in [5, 5.41) is 10.3. The molecule has 2 heterocycles. The Bertz CT molecular complexity index is 741. The number of hydrogen-bond donors (Lipinski definition) is 1. The zero-order valence-corrected chi connectivity index (χ0v) is 19.0. The van der Waals surface area contributed by atoms with Crippen molar-refractivity contribution in [2.75, 3.05) is 40.0 Å².